The van der Waals surface area contributed by atoms with Crippen molar-refractivity contribution >= 4 is 23.2 Å². The largest absolute Gasteiger partial charge is 0.373 e. The minimum absolute atomic E-state index is 0.120. The van der Waals surface area contributed by atoms with Crippen LogP contribution in [0.25, 0.3) is 5.69 Å². The van der Waals surface area contributed by atoms with Gasteiger partial charge in [0.1, 0.15) is 6.10 Å². The van der Waals surface area contributed by atoms with E-state index in [0.717, 1.165) is 30.2 Å². The summed E-state index contributed by atoms with van der Waals surface area (Å²) in [6.07, 6.45) is 3.44. The average molecular weight is 354 g/mol. The molecule has 0 spiro atoms. The van der Waals surface area contributed by atoms with Crippen molar-refractivity contribution < 1.29 is 4.74 Å². The van der Waals surface area contributed by atoms with Crippen molar-refractivity contribution in [2.75, 3.05) is 7.11 Å². The van der Waals surface area contributed by atoms with Gasteiger partial charge in [-0.1, -0.05) is 43.5 Å². The van der Waals surface area contributed by atoms with Gasteiger partial charge in [-0.25, -0.2) is 9.67 Å². The van der Waals surface area contributed by atoms with Gasteiger partial charge in [0.15, 0.2) is 11.6 Å². The lowest BCUT2D eigenvalue weighted by Gasteiger charge is -2.21. The van der Waals surface area contributed by atoms with E-state index < -0.39 is 0 Å². The number of hydrogen-bond donors (Lipinski definition) is 0. The highest BCUT2D eigenvalue weighted by molar-refractivity contribution is 6.42. The second kappa shape index (κ2) is 6.80. The van der Waals surface area contributed by atoms with Crippen LogP contribution in [-0.2, 0) is 4.74 Å². The topological polar surface area (TPSA) is 39.9 Å². The number of hydrogen-bond acceptors (Lipinski definition) is 3. The minimum Gasteiger partial charge on any atom is -0.373 e. The Hall–Kier alpha value is -1.10. The van der Waals surface area contributed by atoms with Crippen LogP contribution in [0.3, 0.4) is 0 Å². The van der Waals surface area contributed by atoms with E-state index in [1.165, 1.54) is 6.42 Å². The summed E-state index contributed by atoms with van der Waals surface area (Å²) in [5, 5.41) is 5.79. The fraction of sp³-hybridized carbons (Fsp3) is 0.529. The maximum Gasteiger partial charge on any atom is 0.161 e. The van der Waals surface area contributed by atoms with Gasteiger partial charge in [0, 0.05) is 13.0 Å². The SMILES string of the molecule is COC(c1nc(C2CCC2)nn1-c1ccc(Cl)c(Cl)c1)C(C)C. The number of nitrogens with zero attached hydrogens (tertiary/aromatic N) is 3. The maximum absolute atomic E-state index is 6.18. The van der Waals surface area contributed by atoms with E-state index in [9.17, 15) is 0 Å². The van der Waals surface area contributed by atoms with E-state index in [2.05, 4.69) is 13.8 Å². The number of rotatable bonds is 5. The van der Waals surface area contributed by atoms with Crippen molar-refractivity contribution in [1.82, 2.24) is 14.8 Å². The summed E-state index contributed by atoms with van der Waals surface area (Å²) in [5.74, 6) is 2.48. The van der Waals surface area contributed by atoms with Gasteiger partial charge >= 0.3 is 0 Å². The molecule has 1 aliphatic carbocycles. The molecule has 23 heavy (non-hydrogen) atoms. The third-order valence-electron chi connectivity index (χ3n) is 4.38. The van der Waals surface area contributed by atoms with Crippen molar-refractivity contribution in [2.24, 2.45) is 5.92 Å². The molecule has 1 saturated carbocycles. The predicted molar refractivity (Wildman–Crippen MR) is 92.6 cm³/mol. The van der Waals surface area contributed by atoms with Crippen molar-refractivity contribution in [2.45, 2.75) is 45.1 Å². The highest BCUT2D eigenvalue weighted by Gasteiger charge is 2.29. The van der Waals surface area contributed by atoms with E-state index in [1.807, 2.05) is 16.8 Å². The standard InChI is InChI=1S/C17H21Cl2N3O/c1-10(2)15(23-3)17-20-16(11-5-4-6-11)21-22(17)12-7-8-13(18)14(19)9-12/h7-11,15H,4-6H2,1-3H3. The van der Waals surface area contributed by atoms with Crippen LogP contribution in [0.2, 0.25) is 10.0 Å². The van der Waals surface area contributed by atoms with Gasteiger partial charge in [0.2, 0.25) is 0 Å². The van der Waals surface area contributed by atoms with Crippen LogP contribution in [0.1, 0.15) is 56.8 Å². The monoisotopic (exact) mass is 353 g/mol. The fourth-order valence-corrected chi connectivity index (χ4v) is 3.14. The average Bonchev–Trinajstić information content (AvgIpc) is 2.85. The normalized spacial score (nSPS) is 16.6. The number of halogens is 2. The number of aromatic nitrogens is 3. The van der Waals surface area contributed by atoms with Crippen LogP contribution in [0.4, 0.5) is 0 Å². The van der Waals surface area contributed by atoms with Crippen LogP contribution in [0.5, 0.6) is 0 Å². The van der Waals surface area contributed by atoms with Gasteiger partial charge in [-0.2, -0.15) is 5.10 Å². The lowest BCUT2D eigenvalue weighted by atomic mass is 9.85. The van der Waals surface area contributed by atoms with Crippen LogP contribution < -0.4 is 0 Å². The summed E-state index contributed by atoms with van der Waals surface area (Å²) in [6.45, 7) is 4.23. The molecular weight excluding hydrogens is 333 g/mol. The van der Waals surface area contributed by atoms with Crippen LogP contribution in [0, 0.1) is 5.92 Å². The molecule has 0 bridgehead atoms. The summed E-state index contributed by atoms with van der Waals surface area (Å²) in [4.78, 5) is 4.80. The maximum atomic E-state index is 6.18. The Bertz CT molecular complexity index is 695. The molecule has 1 fully saturated rings. The first-order chi connectivity index (χ1) is 11.0. The third-order valence-corrected chi connectivity index (χ3v) is 5.12. The van der Waals surface area contributed by atoms with Crippen molar-refractivity contribution in [1.29, 1.82) is 0 Å². The molecule has 3 rings (SSSR count). The molecule has 1 atom stereocenters. The summed E-state index contributed by atoms with van der Waals surface area (Å²) >= 11 is 12.2. The summed E-state index contributed by atoms with van der Waals surface area (Å²) in [6, 6.07) is 5.51. The Balaban J connectivity index is 2.08. The van der Waals surface area contributed by atoms with Gasteiger partial charge in [0.05, 0.1) is 15.7 Å². The Morgan fingerprint density at radius 1 is 1.22 bits per heavy atom. The second-order valence-corrected chi connectivity index (χ2v) is 7.18. The lowest BCUT2D eigenvalue weighted by molar-refractivity contribution is 0.0557. The molecule has 124 valence electrons. The third kappa shape index (κ3) is 3.25. The van der Waals surface area contributed by atoms with Crippen LogP contribution >= 0.6 is 23.2 Å². The molecule has 2 aromatic rings. The first-order valence-electron chi connectivity index (χ1n) is 7.96. The molecule has 0 saturated heterocycles. The highest BCUT2D eigenvalue weighted by Crippen LogP contribution is 2.36. The van der Waals surface area contributed by atoms with E-state index in [-0.39, 0.29) is 6.10 Å². The zero-order valence-electron chi connectivity index (χ0n) is 13.6. The van der Waals surface area contributed by atoms with Crippen LogP contribution in [0.15, 0.2) is 18.2 Å². The molecule has 0 N–H and O–H groups in total. The zero-order chi connectivity index (χ0) is 16.6. The van der Waals surface area contributed by atoms with E-state index in [1.54, 1.807) is 13.2 Å². The number of ether oxygens (including phenoxy) is 1. The Kier molecular flexibility index (Phi) is 4.95. The van der Waals surface area contributed by atoms with Gasteiger partial charge < -0.3 is 4.74 Å². The molecule has 6 heteroatoms. The molecule has 0 aliphatic heterocycles. The van der Waals surface area contributed by atoms with Crippen molar-refractivity contribution in [3.63, 3.8) is 0 Å². The summed E-state index contributed by atoms with van der Waals surface area (Å²) in [7, 11) is 1.71. The lowest BCUT2D eigenvalue weighted by Crippen LogP contribution is -2.15. The number of methoxy groups -OCH3 is 1. The van der Waals surface area contributed by atoms with Crippen molar-refractivity contribution in [3.05, 3.63) is 39.9 Å². The Labute approximate surface area is 146 Å². The molecule has 1 heterocycles. The Morgan fingerprint density at radius 3 is 2.48 bits per heavy atom. The highest BCUT2D eigenvalue weighted by atomic mass is 35.5. The van der Waals surface area contributed by atoms with Crippen LogP contribution in [-0.4, -0.2) is 21.9 Å². The summed E-state index contributed by atoms with van der Waals surface area (Å²) < 4.78 is 7.53. The molecule has 1 aromatic carbocycles. The summed E-state index contributed by atoms with van der Waals surface area (Å²) in [5.41, 5.74) is 0.857. The minimum atomic E-state index is -0.120. The smallest absolute Gasteiger partial charge is 0.161 e. The molecule has 1 aromatic heterocycles. The fourth-order valence-electron chi connectivity index (χ4n) is 2.85. The Morgan fingerprint density at radius 2 is 1.96 bits per heavy atom. The van der Waals surface area contributed by atoms with Crippen molar-refractivity contribution in [3.8, 4) is 5.69 Å². The second-order valence-electron chi connectivity index (χ2n) is 6.37. The molecule has 4 nitrogen and oxygen atoms in total. The van der Waals surface area contributed by atoms with E-state index in [4.69, 9.17) is 38.0 Å². The molecular formula is C17H21Cl2N3O. The molecule has 0 amide bonds. The van der Waals surface area contributed by atoms with Gasteiger partial charge in [-0.05, 0) is 37.0 Å². The zero-order valence-corrected chi connectivity index (χ0v) is 15.1. The first-order valence-corrected chi connectivity index (χ1v) is 8.72. The first kappa shape index (κ1) is 16.7. The molecule has 0 radical (unpaired) electrons. The molecule has 1 aliphatic rings. The molecule has 1 unspecified atom stereocenters. The van der Waals surface area contributed by atoms with E-state index >= 15 is 0 Å². The van der Waals surface area contributed by atoms with Gasteiger partial charge in [-0.15, -0.1) is 0 Å². The van der Waals surface area contributed by atoms with Gasteiger partial charge in [0.25, 0.3) is 0 Å². The quantitative estimate of drug-likeness (QED) is 0.742. The van der Waals surface area contributed by atoms with Gasteiger partial charge in [-0.3, -0.25) is 0 Å². The van der Waals surface area contributed by atoms with E-state index in [0.29, 0.717) is 21.9 Å². The number of benzene rings is 1. The predicted octanol–water partition coefficient (Wildman–Crippen LogP) is 5.19.